The Morgan fingerprint density at radius 3 is 1.78 bits per heavy atom. The summed E-state index contributed by atoms with van der Waals surface area (Å²) in [5, 5.41) is 5.59. The third-order valence-electron chi connectivity index (χ3n) is 11.1. The third-order valence-corrected chi connectivity index (χ3v) is 15.5. The Morgan fingerprint density at radius 2 is 1.28 bits per heavy atom. The van der Waals surface area contributed by atoms with Crippen molar-refractivity contribution in [2.75, 3.05) is 46.6 Å². The number of alkyl halides is 2. The normalized spacial score (nSPS) is 16.3. The maximum Gasteiger partial charge on any atom is 0.524 e. The summed E-state index contributed by atoms with van der Waals surface area (Å²) < 4.78 is 39.7. The van der Waals surface area contributed by atoms with E-state index in [9.17, 15) is 43.1 Å². The minimum atomic E-state index is -4.99. The lowest BCUT2D eigenvalue weighted by molar-refractivity contribution is -0.114. The van der Waals surface area contributed by atoms with Gasteiger partial charge in [0.1, 0.15) is 23.1 Å². The average Bonchev–Trinajstić information content (AvgIpc) is 3.90. The van der Waals surface area contributed by atoms with E-state index in [0.29, 0.717) is 44.0 Å². The van der Waals surface area contributed by atoms with Gasteiger partial charge < -0.3 is 23.6 Å². The maximum absolute atomic E-state index is 14.1. The van der Waals surface area contributed by atoms with Crippen molar-refractivity contribution in [1.29, 1.82) is 0 Å². The molecule has 0 aliphatic carbocycles. The van der Waals surface area contributed by atoms with Crippen molar-refractivity contribution >= 4 is 129 Å². The van der Waals surface area contributed by atoms with Crippen LogP contribution in [0.4, 0.5) is 21.9 Å². The average molecular weight is 1050 g/mol. The van der Waals surface area contributed by atoms with Crippen LogP contribution in [0.5, 0.6) is 11.5 Å². The van der Waals surface area contributed by atoms with E-state index in [2.05, 4.69) is 10.3 Å². The molecule has 5 aromatic carbocycles. The number of carbonyl (C=O) groups excluding carboxylic acids is 3. The van der Waals surface area contributed by atoms with E-state index >= 15 is 0 Å². The first-order valence-electron chi connectivity index (χ1n) is 21.0. The highest BCUT2D eigenvalue weighted by Gasteiger charge is 2.36. The van der Waals surface area contributed by atoms with Crippen molar-refractivity contribution in [2.24, 2.45) is 0 Å². The van der Waals surface area contributed by atoms with Crippen molar-refractivity contribution in [3.8, 4) is 11.5 Å². The van der Waals surface area contributed by atoms with Gasteiger partial charge in [-0.3, -0.25) is 34.5 Å². The van der Waals surface area contributed by atoms with E-state index in [0.717, 1.165) is 16.2 Å². The number of hydrogen-bond donors (Lipinski definition) is 5. The number of phosphoric ester groups is 2. The number of nitrogens with zero attached hydrogens (tertiary/aromatic N) is 3. The Bertz CT molecular complexity index is 3120. The minimum absolute atomic E-state index is 0.0450. The molecule has 3 atom stereocenters. The zero-order chi connectivity index (χ0) is 49.0. The molecular formula is C47H42Cl2N4O12P2S2. The summed E-state index contributed by atoms with van der Waals surface area (Å²) in [6.07, 6.45) is 6.54. The molecule has 5 N–H and O–H groups in total. The predicted molar refractivity (Wildman–Crippen MR) is 271 cm³/mol. The molecule has 8 rings (SSSR count). The molecule has 0 radical (unpaired) electrons. The van der Waals surface area contributed by atoms with Gasteiger partial charge in [0.05, 0.1) is 17.1 Å². The number of aromatic nitrogens is 1. The minimum Gasteiger partial charge on any atom is -0.448 e. The first-order chi connectivity index (χ1) is 33.0. The SMILES string of the molecule is CC(COC(=O)Nc1cc(/C=C/C(=O)N2C[C@@H](CCl)c3c2cc(OP(=O)(O)O)c2ccccc32)ccc1/C=C/C(=O)N1C[C@@H](CCl)c2c1cc(OP(=O)(O)O)c1ccccc21)SSc1ccccn1. The molecule has 69 heavy (non-hydrogen) atoms. The Kier molecular flexibility index (Phi) is 15.5. The highest BCUT2D eigenvalue weighted by molar-refractivity contribution is 8.76. The predicted octanol–water partition coefficient (Wildman–Crippen LogP) is 10.5. The quantitative estimate of drug-likeness (QED) is 0.0263. The number of nitrogens with one attached hydrogen (secondary N) is 1. The molecule has 2 aliphatic heterocycles. The van der Waals surface area contributed by atoms with Gasteiger partial charge in [0.15, 0.2) is 0 Å². The summed E-state index contributed by atoms with van der Waals surface area (Å²) in [5.41, 5.74) is 3.30. The van der Waals surface area contributed by atoms with Gasteiger partial charge in [0, 0.05) is 83.2 Å². The summed E-state index contributed by atoms with van der Waals surface area (Å²) in [6, 6.07) is 27.1. The van der Waals surface area contributed by atoms with Crippen LogP contribution in [0.1, 0.15) is 41.0 Å². The van der Waals surface area contributed by atoms with E-state index in [1.807, 2.05) is 25.1 Å². The van der Waals surface area contributed by atoms with Crippen LogP contribution >= 0.6 is 60.4 Å². The molecule has 0 bridgehead atoms. The van der Waals surface area contributed by atoms with Gasteiger partial charge in [0.25, 0.3) is 11.8 Å². The highest BCUT2D eigenvalue weighted by atomic mass is 35.5. The first kappa shape index (κ1) is 50.0. The van der Waals surface area contributed by atoms with E-state index in [1.54, 1.807) is 72.9 Å². The second-order valence-electron chi connectivity index (χ2n) is 15.9. The molecule has 3 amide bonds. The zero-order valence-corrected chi connectivity index (χ0v) is 41.2. The summed E-state index contributed by atoms with van der Waals surface area (Å²) in [6.45, 7) is 2.29. The number of hydrogen-bond acceptors (Lipinski definition) is 11. The highest BCUT2D eigenvalue weighted by Crippen LogP contribution is 2.51. The molecular weight excluding hydrogens is 1010 g/mol. The Hall–Kier alpha value is -5.36. The van der Waals surface area contributed by atoms with E-state index in [1.165, 1.54) is 67.8 Å². The van der Waals surface area contributed by atoms with Gasteiger partial charge in [-0.1, -0.05) is 77.5 Å². The van der Waals surface area contributed by atoms with E-state index in [-0.39, 0.29) is 65.7 Å². The number of amides is 3. The third kappa shape index (κ3) is 11.8. The maximum atomic E-state index is 14.1. The fourth-order valence-corrected chi connectivity index (χ4v) is 11.4. The molecule has 16 nitrogen and oxygen atoms in total. The summed E-state index contributed by atoms with van der Waals surface area (Å²) in [4.78, 5) is 87.5. The topological polar surface area (TPSA) is 225 Å². The molecule has 358 valence electrons. The molecule has 0 fully saturated rings. The van der Waals surface area contributed by atoms with Crippen molar-refractivity contribution in [1.82, 2.24) is 4.98 Å². The lowest BCUT2D eigenvalue weighted by atomic mass is 9.95. The monoisotopic (exact) mass is 1050 g/mol. The number of fused-ring (bicyclic) bond motifs is 6. The molecule has 1 unspecified atom stereocenters. The lowest BCUT2D eigenvalue weighted by Crippen LogP contribution is -2.28. The fraction of sp³-hybridized carbons (Fsp3) is 0.191. The summed E-state index contributed by atoms with van der Waals surface area (Å²) >= 11 is 12.8. The van der Waals surface area contributed by atoms with Gasteiger partial charge in [-0.15, -0.1) is 23.2 Å². The van der Waals surface area contributed by atoms with Crippen LogP contribution in [0.25, 0.3) is 33.7 Å². The number of carbonyl (C=O) groups is 3. The van der Waals surface area contributed by atoms with Gasteiger partial charge in [0.2, 0.25) is 0 Å². The second-order valence-corrected chi connectivity index (χ2v) is 21.5. The Labute approximate surface area is 413 Å². The molecule has 6 aromatic rings. The number of rotatable bonds is 16. The number of anilines is 3. The fourth-order valence-electron chi connectivity index (χ4n) is 8.24. The van der Waals surface area contributed by atoms with Crippen molar-refractivity contribution in [3.05, 3.63) is 138 Å². The van der Waals surface area contributed by atoms with Crippen molar-refractivity contribution < 1.29 is 56.9 Å². The van der Waals surface area contributed by atoms with Gasteiger partial charge in [-0.2, -0.15) is 0 Å². The van der Waals surface area contributed by atoms with Crippen LogP contribution in [0.15, 0.2) is 120 Å². The second kappa shape index (κ2) is 21.3. The standard InChI is InChI=1S/C47H42Cl2N4O12P2S2/c1-28(68-69-42-12-6-7-19-50-42)27-63-47(56)51-37-20-29(14-17-43(54)52-25-31(23-48)45-35-10-4-2-8-33(35)40(21-38(45)52)64-66(57,58)59)13-15-30(37)16-18-44(55)53-26-32(24-49)46-36-11-5-3-9-34(36)41(22-39(46)53)65-67(60,61)62/h2-22,28,31-32H,23-27H2,1H3,(H,51,56)(H2,57,58,59)(H2,60,61,62)/b17-14+,18-16+/t28?,31-,32-/m1/s1. The number of halogens is 2. The summed E-state index contributed by atoms with van der Waals surface area (Å²) in [5.74, 6) is -1.48. The van der Waals surface area contributed by atoms with Crippen LogP contribution in [0.2, 0.25) is 0 Å². The van der Waals surface area contributed by atoms with Gasteiger partial charge in [-0.05, 0) is 81.1 Å². The van der Waals surface area contributed by atoms with Crippen LogP contribution in [-0.4, -0.2) is 79.2 Å². The lowest BCUT2D eigenvalue weighted by Gasteiger charge is -2.18. The first-order valence-corrected chi connectivity index (χ1v) is 27.4. The number of ether oxygens (including phenoxy) is 1. The van der Waals surface area contributed by atoms with Gasteiger partial charge >= 0.3 is 21.7 Å². The van der Waals surface area contributed by atoms with E-state index in [4.69, 9.17) is 37.0 Å². The Morgan fingerprint density at radius 1 is 0.754 bits per heavy atom. The molecule has 2 aliphatic rings. The van der Waals surface area contributed by atoms with Crippen LogP contribution in [0.3, 0.4) is 0 Å². The smallest absolute Gasteiger partial charge is 0.448 e. The molecule has 22 heteroatoms. The van der Waals surface area contributed by atoms with Crippen LogP contribution < -0.4 is 24.2 Å². The number of phosphoric acid groups is 2. The molecule has 0 saturated carbocycles. The van der Waals surface area contributed by atoms with Crippen LogP contribution in [0, 0.1) is 0 Å². The van der Waals surface area contributed by atoms with Crippen LogP contribution in [-0.2, 0) is 23.5 Å². The molecule has 3 heterocycles. The molecule has 0 saturated heterocycles. The number of pyridine rings is 1. The largest absolute Gasteiger partial charge is 0.524 e. The number of benzene rings is 5. The molecule has 1 aromatic heterocycles. The molecule has 0 spiro atoms. The Balaban J connectivity index is 1.07. The van der Waals surface area contributed by atoms with Crippen molar-refractivity contribution in [2.45, 2.75) is 29.0 Å². The summed E-state index contributed by atoms with van der Waals surface area (Å²) in [7, 11) is -7.04. The van der Waals surface area contributed by atoms with Gasteiger partial charge in [-0.25, -0.2) is 18.9 Å². The van der Waals surface area contributed by atoms with Crippen molar-refractivity contribution in [3.63, 3.8) is 0 Å². The van der Waals surface area contributed by atoms with E-state index < -0.39 is 33.6 Å². The zero-order valence-electron chi connectivity index (χ0n) is 36.3.